The second-order valence-corrected chi connectivity index (χ2v) is 11.7. The van der Waals surface area contributed by atoms with Crippen LogP contribution < -0.4 is 5.32 Å². The Labute approximate surface area is 260 Å². The first-order chi connectivity index (χ1) is 21.3. The lowest BCUT2D eigenvalue weighted by atomic mass is 9.91. The molecule has 5 rings (SSSR count). The molecule has 2 heterocycles. The molecule has 0 spiro atoms. The van der Waals surface area contributed by atoms with Crippen LogP contribution in [0.1, 0.15) is 55.4 Å². The van der Waals surface area contributed by atoms with Crippen LogP contribution in [0.5, 0.6) is 0 Å². The van der Waals surface area contributed by atoms with Gasteiger partial charge in [0.1, 0.15) is 6.33 Å². The van der Waals surface area contributed by atoms with E-state index in [2.05, 4.69) is 27.4 Å². The molecule has 3 aromatic carbocycles. The van der Waals surface area contributed by atoms with Gasteiger partial charge in [0.05, 0.1) is 18.8 Å². The van der Waals surface area contributed by atoms with E-state index >= 15 is 0 Å². The Morgan fingerprint density at radius 3 is 2.45 bits per heavy atom. The lowest BCUT2D eigenvalue weighted by Gasteiger charge is -2.41. The number of aliphatic hydroxyl groups excluding tert-OH is 1. The number of aromatic nitrogens is 3. The Hall–Kier alpha value is -4.03. The molecule has 10 nitrogen and oxygen atoms in total. The van der Waals surface area contributed by atoms with Crippen molar-refractivity contribution in [1.29, 1.82) is 0 Å². The molecule has 1 fully saturated rings. The normalized spacial score (nSPS) is 20.5. The molecule has 1 aliphatic rings. The van der Waals surface area contributed by atoms with Crippen LogP contribution in [-0.2, 0) is 37.0 Å². The molecule has 1 aromatic heterocycles. The summed E-state index contributed by atoms with van der Waals surface area (Å²) in [4.78, 5) is 27.6. The number of hydrogen-bond donors (Lipinski definition) is 3. The molecule has 3 N–H and O–H groups in total. The third kappa shape index (κ3) is 7.92. The van der Waals surface area contributed by atoms with Crippen molar-refractivity contribution in [3.63, 3.8) is 0 Å². The van der Waals surface area contributed by atoms with Crippen molar-refractivity contribution in [2.75, 3.05) is 5.75 Å². The average Bonchev–Trinajstić information content (AvgIpc) is 3.57. The number of carbonyl (C=O) groups excluding carboxylic acids is 2. The van der Waals surface area contributed by atoms with E-state index in [9.17, 15) is 14.7 Å². The molecule has 5 atom stereocenters. The van der Waals surface area contributed by atoms with Crippen LogP contribution >= 0.6 is 11.8 Å². The quantitative estimate of drug-likeness (QED) is 0.155. The Bertz CT molecular complexity index is 1530. The molecule has 44 heavy (non-hydrogen) atoms. The van der Waals surface area contributed by atoms with Crippen LogP contribution in [0.4, 0.5) is 0 Å². The molecular formula is C33H36N4O6S. The van der Waals surface area contributed by atoms with E-state index in [0.29, 0.717) is 12.3 Å². The van der Waals surface area contributed by atoms with Crippen LogP contribution in [0.15, 0.2) is 84.3 Å². The zero-order valence-electron chi connectivity index (χ0n) is 24.8. The average molecular weight is 617 g/mol. The molecule has 1 aliphatic heterocycles. The summed E-state index contributed by atoms with van der Waals surface area (Å²) < 4.78 is 18.0. The van der Waals surface area contributed by atoms with E-state index in [1.165, 1.54) is 13.3 Å². The molecule has 0 radical (unpaired) electrons. The molecule has 5 unspecified atom stereocenters. The van der Waals surface area contributed by atoms with Crippen molar-refractivity contribution < 1.29 is 28.9 Å². The predicted molar refractivity (Wildman–Crippen MR) is 165 cm³/mol. The number of carbonyl (C=O) groups is 2. The lowest BCUT2D eigenvalue weighted by molar-refractivity contribution is -0.268. The zero-order chi connectivity index (χ0) is 31.1. The number of amides is 1. The summed E-state index contributed by atoms with van der Waals surface area (Å²) in [7, 11) is 0. The highest BCUT2D eigenvalue weighted by Crippen LogP contribution is 2.43. The topological polar surface area (TPSA) is 136 Å². The Morgan fingerprint density at radius 2 is 1.77 bits per heavy atom. The lowest BCUT2D eigenvalue weighted by Crippen LogP contribution is -2.38. The fourth-order valence-corrected chi connectivity index (χ4v) is 6.01. The molecule has 4 aromatic rings. The first kappa shape index (κ1) is 31.4. The fraction of sp³-hybridized carbons (Fsp3) is 0.333. The number of esters is 1. The van der Waals surface area contributed by atoms with Crippen LogP contribution in [0.3, 0.4) is 0 Å². The number of benzene rings is 3. The molecule has 0 bridgehead atoms. The second-order valence-electron chi connectivity index (χ2n) is 10.7. The van der Waals surface area contributed by atoms with Gasteiger partial charge >= 0.3 is 5.97 Å². The van der Waals surface area contributed by atoms with Gasteiger partial charge in [0, 0.05) is 30.7 Å². The third-order valence-corrected chi connectivity index (χ3v) is 8.49. The monoisotopic (exact) mass is 616 g/mol. The fourth-order valence-electron chi connectivity index (χ4n) is 5.06. The highest BCUT2D eigenvalue weighted by Gasteiger charge is 2.38. The Kier molecular flexibility index (Phi) is 10.4. The number of rotatable bonds is 11. The van der Waals surface area contributed by atoms with Crippen LogP contribution in [0.2, 0.25) is 0 Å². The van der Waals surface area contributed by atoms with Crippen LogP contribution in [-0.4, -0.2) is 50.1 Å². The van der Waals surface area contributed by atoms with Gasteiger partial charge in [0.15, 0.2) is 17.6 Å². The van der Waals surface area contributed by atoms with Gasteiger partial charge in [-0.25, -0.2) is 4.98 Å². The van der Waals surface area contributed by atoms with Gasteiger partial charge in [-0.2, -0.15) is 5.10 Å². The highest BCUT2D eigenvalue weighted by atomic mass is 32.2. The van der Waals surface area contributed by atoms with E-state index in [1.54, 1.807) is 18.7 Å². The molecule has 0 saturated carbocycles. The van der Waals surface area contributed by atoms with E-state index < -0.39 is 18.4 Å². The van der Waals surface area contributed by atoms with Gasteiger partial charge in [-0.1, -0.05) is 85.4 Å². The smallest absolute Gasteiger partial charge is 0.303 e. The van der Waals surface area contributed by atoms with Crippen molar-refractivity contribution in [1.82, 2.24) is 20.5 Å². The van der Waals surface area contributed by atoms with Crippen molar-refractivity contribution in [2.24, 2.45) is 5.92 Å². The second kappa shape index (κ2) is 14.6. The Balaban J connectivity index is 1.30. The van der Waals surface area contributed by atoms with Gasteiger partial charge in [-0.05, 0) is 40.8 Å². The summed E-state index contributed by atoms with van der Waals surface area (Å²) in [6.07, 6.45) is -0.276. The number of H-pyrrole nitrogens is 1. The van der Waals surface area contributed by atoms with Gasteiger partial charge in [0.2, 0.25) is 0 Å². The maximum Gasteiger partial charge on any atom is 0.303 e. The molecule has 11 heteroatoms. The van der Waals surface area contributed by atoms with Crippen molar-refractivity contribution in [2.45, 2.75) is 63.7 Å². The minimum Gasteiger partial charge on any atom is -0.453 e. The SMILES string of the molecule is CC(=O)OC(C)C(=O)NCc1cccc(-c2ccc(C3OC(CSc4ncn[nH]4)C(C)C(c4ccc(CO)cc4)O3)cc2)c1. The minimum atomic E-state index is -0.852. The zero-order valence-corrected chi connectivity index (χ0v) is 25.6. The number of nitrogens with one attached hydrogen (secondary N) is 2. The summed E-state index contributed by atoms with van der Waals surface area (Å²) >= 11 is 1.56. The molecule has 0 aliphatic carbocycles. The van der Waals surface area contributed by atoms with Crippen molar-refractivity contribution >= 4 is 23.6 Å². The van der Waals surface area contributed by atoms with Crippen molar-refractivity contribution in [3.05, 3.63) is 101 Å². The first-order valence-electron chi connectivity index (χ1n) is 14.4. The van der Waals surface area contributed by atoms with Crippen LogP contribution in [0, 0.1) is 5.92 Å². The minimum absolute atomic E-state index is 0.0112. The molecule has 1 amide bonds. The predicted octanol–water partition coefficient (Wildman–Crippen LogP) is 5.12. The van der Waals surface area contributed by atoms with Gasteiger partial charge in [-0.3, -0.25) is 14.7 Å². The third-order valence-electron chi connectivity index (χ3n) is 7.52. The number of thioether (sulfide) groups is 1. The summed E-state index contributed by atoms with van der Waals surface area (Å²) in [5.41, 5.74) is 5.70. The van der Waals surface area contributed by atoms with Gasteiger partial charge in [0.25, 0.3) is 5.91 Å². The maximum atomic E-state index is 12.3. The molecule has 230 valence electrons. The first-order valence-corrected chi connectivity index (χ1v) is 15.4. The highest BCUT2D eigenvalue weighted by molar-refractivity contribution is 7.99. The summed E-state index contributed by atoms with van der Waals surface area (Å²) in [6.45, 7) is 5.25. The van der Waals surface area contributed by atoms with Gasteiger partial charge < -0.3 is 24.6 Å². The van der Waals surface area contributed by atoms with E-state index in [0.717, 1.165) is 38.5 Å². The van der Waals surface area contributed by atoms with Crippen LogP contribution in [0.25, 0.3) is 11.1 Å². The number of aliphatic hydroxyl groups is 1. The summed E-state index contributed by atoms with van der Waals surface area (Å²) in [5, 5.41) is 19.9. The number of ether oxygens (including phenoxy) is 3. The number of nitrogens with zero attached hydrogens (tertiary/aromatic N) is 2. The van der Waals surface area contributed by atoms with E-state index in [4.69, 9.17) is 14.2 Å². The standard InChI is InChI=1S/C33H36N4O6S/c1-20-29(18-44-33-35-19-36-37-33)42-32(43-30(20)26-9-7-23(17-38)8-10-26)27-13-11-25(12-14-27)28-6-4-5-24(15-28)16-34-31(40)21(2)41-22(3)39/h4-15,19-21,29-30,32,38H,16-18H2,1-3H3,(H,34,40)(H,35,36,37). The largest absolute Gasteiger partial charge is 0.453 e. The summed E-state index contributed by atoms with van der Waals surface area (Å²) in [6, 6.07) is 23.8. The number of aromatic amines is 1. The summed E-state index contributed by atoms with van der Waals surface area (Å²) in [5.74, 6) is -0.120. The molecular weight excluding hydrogens is 580 g/mol. The van der Waals surface area contributed by atoms with Gasteiger partial charge in [-0.15, -0.1) is 0 Å². The van der Waals surface area contributed by atoms with Crippen molar-refractivity contribution in [3.8, 4) is 11.1 Å². The van der Waals surface area contributed by atoms with E-state index in [1.807, 2.05) is 72.8 Å². The molecule has 1 saturated heterocycles. The number of hydrogen-bond acceptors (Lipinski definition) is 9. The Morgan fingerprint density at radius 1 is 1.02 bits per heavy atom. The maximum absolute atomic E-state index is 12.3. The van der Waals surface area contributed by atoms with E-state index in [-0.39, 0.29) is 30.6 Å².